The highest BCUT2D eigenvalue weighted by molar-refractivity contribution is 5.94. The van der Waals surface area contributed by atoms with E-state index in [4.69, 9.17) is 5.11 Å². The number of aliphatic carboxylic acids is 2. The van der Waals surface area contributed by atoms with Gasteiger partial charge in [0.2, 0.25) is 0 Å². The number of carboxylic acids is 2. The average molecular weight is 276 g/mol. The summed E-state index contributed by atoms with van der Waals surface area (Å²) in [5.74, 6) is -2.08. The van der Waals surface area contributed by atoms with Crippen LogP contribution < -0.4 is 0 Å². The van der Waals surface area contributed by atoms with Gasteiger partial charge in [0.15, 0.2) is 0 Å². The average Bonchev–Trinajstić information content (AvgIpc) is 2.43. The first-order chi connectivity index (χ1) is 9.47. The first kappa shape index (κ1) is 16.0. The molecule has 0 heterocycles. The maximum atomic E-state index is 11.4. The normalized spacial score (nSPS) is 17.7. The van der Waals surface area contributed by atoms with E-state index in [2.05, 4.69) is 0 Å². The largest absolute Gasteiger partial charge is 0.478 e. The van der Waals surface area contributed by atoms with Crippen LogP contribution in [0.2, 0.25) is 0 Å². The molecule has 0 fully saturated rings. The number of hydrogen-bond acceptors (Lipinski definition) is 2. The van der Waals surface area contributed by atoms with E-state index < -0.39 is 11.9 Å². The van der Waals surface area contributed by atoms with Crippen LogP contribution in [0.15, 0.2) is 46.6 Å². The summed E-state index contributed by atoms with van der Waals surface area (Å²) in [4.78, 5) is 22.4. The third-order valence-corrected chi connectivity index (χ3v) is 3.19. The highest BCUT2D eigenvalue weighted by Gasteiger charge is 2.16. The molecule has 0 aromatic carbocycles. The first-order valence-corrected chi connectivity index (χ1v) is 6.68. The van der Waals surface area contributed by atoms with Crippen LogP contribution >= 0.6 is 0 Å². The van der Waals surface area contributed by atoms with Gasteiger partial charge < -0.3 is 10.2 Å². The summed E-state index contributed by atoms with van der Waals surface area (Å²) in [5.41, 5.74) is 1.71. The molecule has 0 radical (unpaired) electrons. The smallest absolute Gasteiger partial charge is 0.336 e. The SMILES string of the molecule is CC=CC(C(=O)O)=C(C=C(C)C(=O)O)C1=CCCCC1. The topological polar surface area (TPSA) is 74.6 Å². The molecular formula is C16H20O4. The molecule has 0 saturated heterocycles. The van der Waals surface area contributed by atoms with Gasteiger partial charge in [0, 0.05) is 5.57 Å². The number of carboxylic acid groups (broad SMARTS) is 2. The van der Waals surface area contributed by atoms with E-state index in [1.54, 1.807) is 13.0 Å². The fraction of sp³-hybridized carbons (Fsp3) is 0.375. The van der Waals surface area contributed by atoms with Crippen LogP contribution in [0.1, 0.15) is 39.5 Å². The minimum Gasteiger partial charge on any atom is -0.478 e. The second kappa shape index (κ2) is 7.48. The van der Waals surface area contributed by atoms with Crippen LogP contribution in [0.3, 0.4) is 0 Å². The van der Waals surface area contributed by atoms with E-state index in [0.717, 1.165) is 31.3 Å². The maximum Gasteiger partial charge on any atom is 0.336 e. The molecule has 1 rings (SSSR count). The second-order valence-corrected chi connectivity index (χ2v) is 4.74. The maximum absolute atomic E-state index is 11.4. The molecule has 1 aliphatic rings. The first-order valence-electron chi connectivity index (χ1n) is 6.68. The molecule has 0 aromatic heterocycles. The molecule has 2 N–H and O–H groups in total. The van der Waals surface area contributed by atoms with Gasteiger partial charge in [-0.05, 0) is 56.8 Å². The fourth-order valence-electron chi connectivity index (χ4n) is 2.15. The molecule has 108 valence electrons. The molecule has 4 nitrogen and oxygen atoms in total. The van der Waals surface area contributed by atoms with Crippen molar-refractivity contribution in [1.82, 2.24) is 0 Å². The molecule has 0 atom stereocenters. The van der Waals surface area contributed by atoms with Gasteiger partial charge in [-0.15, -0.1) is 0 Å². The van der Waals surface area contributed by atoms with Crippen LogP contribution in [-0.4, -0.2) is 22.2 Å². The fourth-order valence-corrected chi connectivity index (χ4v) is 2.15. The quantitative estimate of drug-likeness (QED) is 0.595. The lowest BCUT2D eigenvalue weighted by Gasteiger charge is -2.16. The zero-order valence-electron chi connectivity index (χ0n) is 11.8. The van der Waals surface area contributed by atoms with E-state index in [-0.39, 0.29) is 11.1 Å². The summed E-state index contributed by atoms with van der Waals surface area (Å²) in [6, 6.07) is 0. The number of carbonyl (C=O) groups is 2. The zero-order valence-corrected chi connectivity index (χ0v) is 11.8. The van der Waals surface area contributed by atoms with Crippen molar-refractivity contribution < 1.29 is 19.8 Å². The van der Waals surface area contributed by atoms with Gasteiger partial charge >= 0.3 is 11.9 Å². The van der Waals surface area contributed by atoms with Crippen LogP contribution in [0, 0.1) is 0 Å². The monoisotopic (exact) mass is 276 g/mol. The van der Waals surface area contributed by atoms with Crippen molar-refractivity contribution in [3.05, 3.63) is 46.6 Å². The number of rotatable bonds is 5. The molecule has 0 amide bonds. The zero-order chi connectivity index (χ0) is 15.1. The van der Waals surface area contributed by atoms with Gasteiger partial charge in [-0.2, -0.15) is 0 Å². The van der Waals surface area contributed by atoms with Crippen molar-refractivity contribution in [2.75, 3.05) is 0 Å². The Bertz CT molecular complexity index is 519. The standard InChI is InChI=1S/C16H20O4/c1-3-7-13(16(19)20)14(10-11(2)15(17)18)12-8-5-4-6-9-12/h3,7-8,10H,4-6,9H2,1-2H3,(H,17,18)(H,19,20). The Morgan fingerprint density at radius 2 is 1.90 bits per heavy atom. The molecule has 4 heteroatoms. The molecule has 0 saturated carbocycles. The van der Waals surface area contributed by atoms with E-state index in [9.17, 15) is 14.7 Å². The minimum absolute atomic E-state index is 0.134. The lowest BCUT2D eigenvalue weighted by Crippen LogP contribution is -2.07. The lowest BCUT2D eigenvalue weighted by atomic mass is 9.89. The van der Waals surface area contributed by atoms with E-state index >= 15 is 0 Å². The molecule has 20 heavy (non-hydrogen) atoms. The van der Waals surface area contributed by atoms with E-state index in [1.807, 2.05) is 6.08 Å². The van der Waals surface area contributed by atoms with Gasteiger partial charge in [-0.1, -0.05) is 18.2 Å². The summed E-state index contributed by atoms with van der Waals surface area (Å²) in [6.07, 6.45) is 10.4. The van der Waals surface area contributed by atoms with Gasteiger partial charge in [-0.3, -0.25) is 0 Å². The van der Waals surface area contributed by atoms with Crippen molar-refractivity contribution in [2.24, 2.45) is 0 Å². The molecule has 0 aromatic rings. The van der Waals surface area contributed by atoms with Gasteiger partial charge in [0.05, 0.1) is 5.57 Å². The summed E-state index contributed by atoms with van der Waals surface area (Å²) in [7, 11) is 0. The van der Waals surface area contributed by atoms with Gasteiger partial charge in [0.25, 0.3) is 0 Å². The van der Waals surface area contributed by atoms with Crippen molar-refractivity contribution >= 4 is 11.9 Å². The molecule has 0 bridgehead atoms. The third-order valence-electron chi connectivity index (χ3n) is 3.19. The van der Waals surface area contributed by atoms with Crippen LogP contribution in [0.5, 0.6) is 0 Å². The highest BCUT2D eigenvalue weighted by Crippen LogP contribution is 2.28. The summed E-state index contributed by atoms with van der Waals surface area (Å²) < 4.78 is 0. The molecule has 1 aliphatic carbocycles. The number of hydrogen-bond donors (Lipinski definition) is 2. The van der Waals surface area contributed by atoms with Crippen molar-refractivity contribution in [3.8, 4) is 0 Å². The highest BCUT2D eigenvalue weighted by atomic mass is 16.4. The predicted molar refractivity (Wildman–Crippen MR) is 77.4 cm³/mol. The van der Waals surface area contributed by atoms with Gasteiger partial charge in [0.1, 0.15) is 0 Å². The Hall–Kier alpha value is -2.10. The van der Waals surface area contributed by atoms with E-state index in [1.165, 1.54) is 19.1 Å². The number of allylic oxidation sites excluding steroid dienone is 5. The van der Waals surface area contributed by atoms with Crippen LogP contribution in [0.25, 0.3) is 0 Å². The predicted octanol–water partition coefficient (Wildman–Crippen LogP) is 3.48. The van der Waals surface area contributed by atoms with E-state index in [0.29, 0.717) is 5.57 Å². The van der Waals surface area contributed by atoms with Crippen LogP contribution in [-0.2, 0) is 9.59 Å². The second-order valence-electron chi connectivity index (χ2n) is 4.74. The summed E-state index contributed by atoms with van der Waals surface area (Å²) in [6.45, 7) is 3.21. The Morgan fingerprint density at radius 1 is 1.20 bits per heavy atom. The van der Waals surface area contributed by atoms with Crippen molar-refractivity contribution in [3.63, 3.8) is 0 Å². The Balaban J connectivity index is 3.43. The third kappa shape index (κ3) is 4.23. The molecule has 0 unspecified atom stereocenters. The Labute approximate surface area is 118 Å². The minimum atomic E-state index is -1.04. The Morgan fingerprint density at radius 3 is 2.35 bits per heavy atom. The van der Waals surface area contributed by atoms with Crippen LogP contribution in [0.4, 0.5) is 0 Å². The molecule has 0 spiro atoms. The summed E-state index contributed by atoms with van der Waals surface area (Å²) in [5, 5.41) is 18.3. The molecular weight excluding hydrogens is 256 g/mol. The lowest BCUT2D eigenvalue weighted by molar-refractivity contribution is -0.133. The van der Waals surface area contributed by atoms with Crippen molar-refractivity contribution in [1.29, 1.82) is 0 Å². The van der Waals surface area contributed by atoms with Crippen molar-refractivity contribution in [2.45, 2.75) is 39.5 Å². The summed E-state index contributed by atoms with van der Waals surface area (Å²) >= 11 is 0. The van der Waals surface area contributed by atoms with Gasteiger partial charge in [-0.25, -0.2) is 9.59 Å². The Kier molecular flexibility index (Phi) is 5.97. The molecule has 0 aliphatic heterocycles.